The number of hydrogen-bond donors (Lipinski definition) is 0. The maximum atomic E-state index is 3.59. The lowest BCUT2D eigenvalue weighted by Gasteiger charge is -1.84. The Morgan fingerprint density at radius 3 is 2.38 bits per heavy atom. The molecule has 0 saturated carbocycles. The van der Waals surface area contributed by atoms with Gasteiger partial charge in [-0.05, 0) is 35.9 Å². The van der Waals surface area contributed by atoms with Gasteiger partial charge >= 0.3 is 0 Å². The molecule has 0 saturated heterocycles. The van der Waals surface area contributed by atoms with Gasteiger partial charge in [0.05, 0.1) is 0 Å². The first kappa shape index (κ1) is 5.10. The Bertz CT molecular complexity index is 163. The van der Waals surface area contributed by atoms with Gasteiger partial charge in [-0.15, -0.1) is 0 Å². The smallest absolute Gasteiger partial charge is 0.0171 e. The zero-order valence-corrected chi connectivity index (χ0v) is 4.52. The van der Waals surface area contributed by atoms with E-state index in [4.69, 9.17) is 0 Å². The van der Waals surface area contributed by atoms with Gasteiger partial charge in [-0.3, -0.25) is 0 Å². The maximum absolute atomic E-state index is 3.59. The van der Waals surface area contributed by atoms with Gasteiger partial charge in [0.15, 0.2) is 0 Å². The summed E-state index contributed by atoms with van der Waals surface area (Å²) in [6.45, 7) is 3.59. The van der Waals surface area contributed by atoms with Crippen LogP contribution in [0.3, 0.4) is 0 Å². The Hall–Kier alpha value is -1.04. The summed E-state index contributed by atoms with van der Waals surface area (Å²) < 4.78 is 0. The van der Waals surface area contributed by atoms with Crippen molar-refractivity contribution >= 4 is 6.08 Å². The van der Waals surface area contributed by atoms with Gasteiger partial charge in [-0.25, -0.2) is 0 Å². The van der Waals surface area contributed by atoms with Crippen molar-refractivity contribution in [2.24, 2.45) is 0 Å². The van der Waals surface area contributed by atoms with E-state index in [1.54, 1.807) is 12.1 Å². The molecule has 0 aromatic heterocycles. The average Bonchev–Trinajstić information content (AvgIpc) is 1.90. The van der Waals surface area contributed by atoms with Crippen molar-refractivity contribution in [2.45, 2.75) is 0 Å². The molecule has 0 unspecified atom stereocenters. The zero-order chi connectivity index (χ0) is 5.82. The summed E-state index contributed by atoms with van der Waals surface area (Å²) in [7, 11) is 0. The molecule has 0 aliphatic heterocycles. The van der Waals surface area contributed by atoms with E-state index < -0.39 is 0 Å². The molecule has 0 nitrogen and oxygen atoms in total. The van der Waals surface area contributed by atoms with E-state index in [1.807, 2.05) is 12.1 Å². The molecule has 2 radical (unpaired) electrons. The van der Waals surface area contributed by atoms with Gasteiger partial charge in [0.1, 0.15) is 0 Å². The maximum Gasteiger partial charge on any atom is -0.0171 e. The van der Waals surface area contributed by atoms with E-state index >= 15 is 0 Å². The molecule has 0 spiro atoms. The van der Waals surface area contributed by atoms with Crippen LogP contribution in [0, 0.1) is 12.1 Å². The largest absolute Gasteiger partial charge is 0.0985 e. The van der Waals surface area contributed by atoms with Crippen LogP contribution >= 0.6 is 0 Å². The summed E-state index contributed by atoms with van der Waals surface area (Å²) in [5, 5.41) is 0. The van der Waals surface area contributed by atoms with Gasteiger partial charge in [-0.1, -0.05) is 12.7 Å². The van der Waals surface area contributed by atoms with E-state index in [-0.39, 0.29) is 0 Å². The minimum atomic E-state index is 1.06. The molecule has 0 amide bonds. The molecular formula is C8H6. The summed E-state index contributed by atoms with van der Waals surface area (Å²) in [5.74, 6) is 0. The van der Waals surface area contributed by atoms with E-state index in [9.17, 15) is 0 Å². The third-order valence-corrected chi connectivity index (χ3v) is 0.902. The highest BCUT2D eigenvalue weighted by Crippen LogP contribution is 1.96. The summed E-state index contributed by atoms with van der Waals surface area (Å²) in [6, 6.07) is 11.2. The van der Waals surface area contributed by atoms with Crippen molar-refractivity contribution in [3.05, 3.63) is 42.5 Å². The van der Waals surface area contributed by atoms with Crippen molar-refractivity contribution < 1.29 is 0 Å². The molecule has 1 aromatic rings. The number of rotatable bonds is 1. The van der Waals surface area contributed by atoms with Crippen LogP contribution in [0.5, 0.6) is 0 Å². The van der Waals surface area contributed by atoms with Gasteiger partial charge in [0, 0.05) is 0 Å². The molecule has 0 N–H and O–H groups in total. The monoisotopic (exact) mass is 102 g/mol. The van der Waals surface area contributed by atoms with Crippen molar-refractivity contribution in [1.29, 1.82) is 0 Å². The Morgan fingerprint density at radius 2 is 2.00 bits per heavy atom. The lowest BCUT2D eigenvalue weighted by Crippen LogP contribution is -1.65. The number of benzene rings is 1. The van der Waals surface area contributed by atoms with Crippen LogP contribution in [-0.2, 0) is 0 Å². The Labute approximate surface area is 49.5 Å². The quantitative estimate of drug-likeness (QED) is 0.508. The van der Waals surface area contributed by atoms with Crippen molar-refractivity contribution in [3.8, 4) is 0 Å². The lowest BCUT2D eigenvalue weighted by atomic mass is 10.2. The molecule has 38 valence electrons. The first-order chi connectivity index (χ1) is 3.93. The minimum absolute atomic E-state index is 1.06. The van der Waals surface area contributed by atoms with Crippen molar-refractivity contribution in [2.75, 3.05) is 0 Å². The average molecular weight is 102 g/mol. The first-order valence-corrected chi connectivity index (χ1v) is 2.43. The van der Waals surface area contributed by atoms with Crippen LogP contribution in [0.2, 0.25) is 0 Å². The Morgan fingerprint density at radius 1 is 1.38 bits per heavy atom. The van der Waals surface area contributed by atoms with Crippen molar-refractivity contribution in [1.82, 2.24) is 0 Å². The Balaban J connectivity index is 2.99. The third-order valence-electron chi connectivity index (χ3n) is 0.902. The van der Waals surface area contributed by atoms with Gasteiger partial charge in [-0.2, -0.15) is 0 Å². The van der Waals surface area contributed by atoms with Gasteiger partial charge in [0.2, 0.25) is 0 Å². The standard InChI is InChI=1S/C8H6/c1-2-8-6-4-3-5-7-8/h2-3,6-7H,1H2. The van der Waals surface area contributed by atoms with Crippen LogP contribution in [0.15, 0.2) is 24.8 Å². The second kappa shape index (κ2) is 2.31. The second-order valence-corrected chi connectivity index (χ2v) is 1.47. The summed E-state index contributed by atoms with van der Waals surface area (Å²) in [5.41, 5.74) is 1.06. The predicted molar refractivity (Wildman–Crippen MR) is 34.2 cm³/mol. The molecule has 1 aromatic carbocycles. The van der Waals surface area contributed by atoms with Crippen LogP contribution in [-0.4, -0.2) is 0 Å². The molecule has 0 aliphatic carbocycles. The molecule has 0 atom stereocenters. The highest BCUT2D eigenvalue weighted by molar-refractivity contribution is 5.45. The summed E-state index contributed by atoms with van der Waals surface area (Å²) in [4.78, 5) is 0. The fourth-order valence-corrected chi connectivity index (χ4v) is 0.483. The summed E-state index contributed by atoms with van der Waals surface area (Å²) >= 11 is 0. The third kappa shape index (κ3) is 0.969. The Kier molecular flexibility index (Phi) is 1.48. The number of hydrogen-bond acceptors (Lipinski definition) is 0. The molecule has 0 heterocycles. The normalized spacial score (nSPS) is 8.50. The van der Waals surface area contributed by atoms with Crippen LogP contribution < -0.4 is 0 Å². The lowest BCUT2D eigenvalue weighted by molar-refractivity contribution is 1.64. The molecule has 0 fully saturated rings. The highest BCUT2D eigenvalue weighted by atomic mass is 13.8. The van der Waals surface area contributed by atoms with Gasteiger partial charge < -0.3 is 0 Å². The summed E-state index contributed by atoms with van der Waals surface area (Å²) in [6.07, 6.45) is 1.77. The SMILES string of the molecule is C=Cc1c[c]c[c]c1. The molecule has 0 bridgehead atoms. The van der Waals surface area contributed by atoms with Crippen LogP contribution in [0.1, 0.15) is 5.56 Å². The minimum Gasteiger partial charge on any atom is -0.0985 e. The molecule has 0 heteroatoms. The first-order valence-electron chi connectivity index (χ1n) is 2.43. The van der Waals surface area contributed by atoms with Crippen LogP contribution in [0.25, 0.3) is 6.08 Å². The topological polar surface area (TPSA) is 0 Å². The zero-order valence-electron chi connectivity index (χ0n) is 4.52. The fraction of sp³-hybridized carbons (Fsp3) is 0. The molecule has 1 rings (SSSR count). The van der Waals surface area contributed by atoms with E-state index in [0.29, 0.717) is 0 Å². The highest BCUT2D eigenvalue weighted by Gasteiger charge is 1.76. The van der Waals surface area contributed by atoms with Crippen LogP contribution in [0.4, 0.5) is 0 Å². The van der Waals surface area contributed by atoms with Gasteiger partial charge in [0.25, 0.3) is 0 Å². The molecule has 0 aliphatic rings. The van der Waals surface area contributed by atoms with E-state index in [1.165, 1.54) is 0 Å². The molecule has 8 heavy (non-hydrogen) atoms. The van der Waals surface area contributed by atoms with E-state index in [2.05, 4.69) is 18.7 Å². The van der Waals surface area contributed by atoms with E-state index in [0.717, 1.165) is 5.56 Å². The fourth-order valence-electron chi connectivity index (χ4n) is 0.483. The van der Waals surface area contributed by atoms with Crippen molar-refractivity contribution in [3.63, 3.8) is 0 Å². The second-order valence-electron chi connectivity index (χ2n) is 1.47. The predicted octanol–water partition coefficient (Wildman–Crippen LogP) is 1.93. The molecular weight excluding hydrogens is 96.1 g/mol.